The second-order valence-corrected chi connectivity index (χ2v) is 5.46. The lowest BCUT2D eigenvalue weighted by atomic mass is 10.2. The molecule has 0 aliphatic carbocycles. The lowest BCUT2D eigenvalue weighted by Crippen LogP contribution is -2.08. The van der Waals surface area contributed by atoms with Gasteiger partial charge in [0.1, 0.15) is 12.4 Å². The Labute approximate surface area is 124 Å². The molecular formula is C14H15F3N2OS. The Morgan fingerprint density at radius 1 is 1.29 bits per heavy atom. The number of ether oxygens (including phenoxy) is 1. The summed E-state index contributed by atoms with van der Waals surface area (Å²) in [5.74, 6) is -0.165. The standard InChI is InChI=1S/C14H15F3N2OS/c1-2-7-18-13-19-8-10(21-13)9-20-12-6-4-3-5-11(12)14(15,16)17/h3-6,8H,2,7,9H2,1H3,(H,18,19). The normalized spacial score (nSPS) is 11.4. The molecule has 7 heteroatoms. The topological polar surface area (TPSA) is 34.2 Å². The minimum Gasteiger partial charge on any atom is -0.487 e. The van der Waals surface area contributed by atoms with Gasteiger partial charge < -0.3 is 10.1 Å². The van der Waals surface area contributed by atoms with E-state index in [4.69, 9.17) is 4.74 Å². The van der Waals surface area contributed by atoms with Gasteiger partial charge in [0.2, 0.25) is 0 Å². The summed E-state index contributed by atoms with van der Waals surface area (Å²) in [6.45, 7) is 2.92. The van der Waals surface area contributed by atoms with Crippen molar-refractivity contribution in [3.8, 4) is 5.75 Å². The molecule has 2 aromatic rings. The number of aromatic nitrogens is 1. The molecule has 0 aliphatic heterocycles. The number of benzene rings is 1. The van der Waals surface area contributed by atoms with Crippen molar-refractivity contribution < 1.29 is 17.9 Å². The van der Waals surface area contributed by atoms with Crippen LogP contribution in [0, 0.1) is 0 Å². The first-order valence-electron chi connectivity index (χ1n) is 6.48. The van der Waals surface area contributed by atoms with Crippen molar-refractivity contribution in [1.29, 1.82) is 0 Å². The second-order valence-electron chi connectivity index (χ2n) is 4.34. The van der Waals surface area contributed by atoms with Gasteiger partial charge in [-0.05, 0) is 18.6 Å². The Morgan fingerprint density at radius 3 is 2.76 bits per heavy atom. The summed E-state index contributed by atoms with van der Waals surface area (Å²) in [5, 5.41) is 3.87. The third-order valence-corrected chi connectivity index (χ3v) is 3.57. The van der Waals surface area contributed by atoms with E-state index in [9.17, 15) is 13.2 Å². The fourth-order valence-electron chi connectivity index (χ4n) is 1.66. The number of alkyl halides is 3. The highest BCUT2D eigenvalue weighted by Crippen LogP contribution is 2.36. The van der Waals surface area contributed by atoms with Crippen molar-refractivity contribution in [2.75, 3.05) is 11.9 Å². The highest BCUT2D eigenvalue weighted by atomic mass is 32.1. The van der Waals surface area contributed by atoms with E-state index < -0.39 is 11.7 Å². The summed E-state index contributed by atoms with van der Waals surface area (Å²) in [5.41, 5.74) is -0.765. The maximum absolute atomic E-state index is 12.8. The third-order valence-electron chi connectivity index (χ3n) is 2.64. The van der Waals surface area contributed by atoms with Gasteiger partial charge in [0.15, 0.2) is 5.13 Å². The van der Waals surface area contributed by atoms with E-state index in [-0.39, 0.29) is 12.4 Å². The van der Waals surface area contributed by atoms with Gasteiger partial charge in [0.05, 0.1) is 10.4 Å². The average Bonchev–Trinajstić information content (AvgIpc) is 2.90. The number of hydrogen-bond donors (Lipinski definition) is 1. The summed E-state index contributed by atoms with van der Waals surface area (Å²) >= 11 is 1.38. The number of hydrogen-bond acceptors (Lipinski definition) is 4. The van der Waals surface area contributed by atoms with Crippen molar-refractivity contribution >= 4 is 16.5 Å². The lowest BCUT2D eigenvalue weighted by Gasteiger charge is -2.12. The Bertz CT molecular complexity index is 584. The molecule has 21 heavy (non-hydrogen) atoms. The van der Waals surface area contributed by atoms with E-state index in [1.54, 1.807) is 6.20 Å². The highest BCUT2D eigenvalue weighted by Gasteiger charge is 2.34. The highest BCUT2D eigenvalue weighted by molar-refractivity contribution is 7.15. The SMILES string of the molecule is CCCNc1ncc(COc2ccccc2C(F)(F)F)s1. The summed E-state index contributed by atoms with van der Waals surface area (Å²) < 4.78 is 43.7. The lowest BCUT2D eigenvalue weighted by molar-refractivity contribution is -0.139. The van der Waals surface area contributed by atoms with E-state index in [2.05, 4.69) is 10.3 Å². The molecule has 0 unspecified atom stereocenters. The predicted octanol–water partition coefficient (Wildman–Crippen LogP) is 4.56. The molecule has 0 saturated heterocycles. The first-order chi connectivity index (χ1) is 10.0. The zero-order chi connectivity index (χ0) is 15.3. The number of halogens is 3. The van der Waals surface area contributed by atoms with Gasteiger partial charge in [-0.1, -0.05) is 30.4 Å². The number of para-hydroxylation sites is 1. The molecule has 0 atom stereocenters. The van der Waals surface area contributed by atoms with E-state index >= 15 is 0 Å². The average molecular weight is 316 g/mol. The van der Waals surface area contributed by atoms with Crippen molar-refractivity contribution in [3.05, 3.63) is 40.9 Å². The van der Waals surface area contributed by atoms with Gasteiger partial charge in [-0.3, -0.25) is 0 Å². The molecule has 1 heterocycles. The van der Waals surface area contributed by atoms with Gasteiger partial charge in [0, 0.05) is 12.7 Å². The third kappa shape index (κ3) is 4.35. The molecule has 0 spiro atoms. The Hall–Kier alpha value is -1.76. The quantitative estimate of drug-likeness (QED) is 0.848. The van der Waals surface area contributed by atoms with Crippen LogP contribution in [0.3, 0.4) is 0 Å². The number of rotatable bonds is 6. The summed E-state index contributed by atoms with van der Waals surface area (Å²) in [6.07, 6.45) is -1.83. The van der Waals surface area contributed by atoms with Crippen LogP contribution in [0.15, 0.2) is 30.5 Å². The van der Waals surface area contributed by atoms with Crippen LogP contribution in [-0.4, -0.2) is 11.5 Å². The van der Waals surface area contributed by atoms with Gasteiger partial charge in [0.25, 0.3) is 0 Å². The number of nitrogens with zero attached hydrogens (tertiary/aromatic N) is 1. The van der Waals surface area contributed by atoms with E-state index in [1.807, 2.05) is 6.92 Å². The molecule has 0 saturated carbocycles. The van der Waals surface area contributed by atoms with Crippen LogP contribution in [-0.2, 0) is 12.8 Å². The largest absolute Gasteiger partial charge is 0.487 e. The molecule has 1 N–H and O–H groups in total. The van der Waals surface area contributed by atoms with Crippen molar-refractivity contribution in [3.63, 3.8) is 0 Å². The fourth-order valence-corrected chi connectivity index (χ4v) is 2.41. The number of anilines is 1. The smallest absolute Gasteiger partial charge is 0.419 e. The minimum absolute atomic E-state index is 0.0680. The van der Waals surface area contributed by atoms with Gasteiger partial charge in [-0.15, -0.1) is 0 Å². The monoisotopic (exact) mass is 316 g/mol. The Kier molecular flexibility index (Phi) is 5.06. The minimum atomic E-state index is -4.42. The molecule has 0 aliphatic rings. The predicted molar refractivity (Wildman–Crippen MR) is 76.7 cm³/mol. The van der Waals surface area contributed by atoms with Crippen molar-refractivity contribution in [2.24, 2.45) is 0 Å². The van der Waals surface area contributed by atoms with Crippen LogP contribution in [0.25, 0.3) is 0 Å². The van der Waals surface area contributed by atoms with Crippen LogP contribution < -0.4 is 10.1 Å². The number of nitrogens with one attached hydrogen (secondary N) is 1. The Morgan fingerprint density at radius 2 is 2.05 bits per heavy atom. The van der Waals surface area contributed by atoms with Gasteiger partial charge in [-0.2, -0.15) is 13.2 Å². The molecule has 0 radical (unpaired) electrons. The molecule has 1 aromatic heterocycles. The molecule has 2 rings (SSSR count). The van der Waals surface area contributed by atoms with E-state index in [0.29, 0.717) is 0 Å². The van der Waals surface area contributed by atoms with Crippen LogP contribution in [0.4, 0.5) is 18.3 Å². The second kappa shape index (κ2) is 6.80. The van der Waals surface area contributed by atoms with Gasteiger partial charge >= 0.3 is 6.18 Å². The molecule has 0 amide bonds. The van der Waals surface area contributed by atoms with E-state index in [0.717, 1.165) is 29.0 Å². The Balaban J connectivity index is 2.02. The number of thiazole rings is 1. The van der Waals surface area contributed by atoms with Crippen molar-refractivity contribution in [1.82, 2.24) is 4.98 Å². The molecule has 3 nitrogen and oxygen atoms in total. The summed E-state index contributed by atoms with van der Waals surface area (Å²) in [6, 6.07) is 5.19. The zero-order valence-electron chi connectivity index (χ0n) is 11.4. The van der Waals surface area contributed by atoms with Crippen molar-refractivity contribution in [2.45, 2.75) is 26.1 Å². The molecule has 0 fully saturated rings. The zero-order valence-corrected chi connectivity index (χ0v) is 12.2. The summed E-state index contributed by atoms with van der Waals surface area (Å²) in [4.78, 5) is 4.91. The molecule has 1 aromatic carbocycles. The van der Waals surface area contributed by atoms with Crippen LogP contribution >= 0.6 is 11.3 Å². The van der Waals surface area contributed by atoms with E-state index in [1.165, 1.54) is 29.5 Å². The molecule has 114 valence electrons. The first kappa shape index (κ1) is 15.6. The van der Waals surface area contributed by atoms with Crippen LogP contribution in [0.2, 0.25) is 0 Å². The maximum Gasteiger partial charge on any atom is 0.419 e. The first-order valence-corrected chi connectivity index (χ1v) is 7.30. The maximum atomic E-state index is 12.8. The van der Waals surface area contributed by atoms with Crippen LogP contribution in [0.5, 0.6) is 5.75 Å². The molecule has 0 bridgehead atoms. The summed E-state index contributed by atoms with van der Waals surface area (Å²) in [7, 11) is 0. The van der Waals surface area contributed by atoms with Crippen LogP contribution in [0.1, 0.15) is 23.8 Å². The van der Waals surface area contributed by atoms with Gasteiger partial charge in [-0.25, -0.2) is 4.98 Å². The fraction of sp³-hybridized carbons (Fsp3) is 0.357. The molecular weight excluding hydrogens is 301 g/mol.